The van der Waals surface area contributed by atoms with Gasteiger partial charge in [0.05, 0.1) is 27.9 Å². The van der Waals surface area contributed by atoms with Crippen LogP contribution in [0.15, 0.2) is 24.4 Å². The fourth-order valence-electron chi connectivity index (χ4n) is 3.79. The third-order valence-electron chi connectivity index (χ3n) is 5.10. The van der Waals surface area contributed by atoms with Crippen LogP contribution in [0.4, 0.5) is 22.7 Å². The highest BCUT2D eigenvalue weighted by molar-refractivity contribution is 6.11. The summed E-state index contributed by atoms with van der Waals surface area (Å²) in [5.41, 5.74) is 14.8. The van der Waals surface area contributed by atoms with Crippen LogP contribution in [0.25, 0.3) is 10.9 Å². The van der Waals surface area contributed by atoms with Crippen molar-refractivity contribution in [2.24, 2.45) is 11.8 Å². The molecule has 1 amide bonds. The molecule has 0 aliphatic carbocycles. The number of H-pyrrole nitrogens is 1. The molecule has 0 aliphatic rings. The first kappa shape index (κ1) is 22.1. The monoisotopic (exact) mass is 424 g/mol. The maximum absolute atomic E-state index is 13.4. The van der Waals surface area contributed by atoms with Crippen molar-refractivity contribution >= 4 is 39.6 Å². The number of nitro benzene ring substituents is 1. The summed E-state index contributed by atoms with van der Waals surface area (Å²) in [6.07, 6.45) is 2.41. The summed E-state index contributed by atoms with van der Waals surface area (Å²) in [6, 6.07) is 5.32. The van der Waals surface area contributed by atoms with E-state index in [1.54, 1.807) is 18.3 Å². The Labute approximate surface area is 180 Å². The molecule has 6 N–H and O–H groups in total. The first-order valence-electron chi connectivity index (χ1n) is 10.2. The molecule has 3 aromatic rings. The van der Waals surface area contributed by atoms with Crippen LogP contribution in [0.5, 0.6) is 0 Å². The van der Waals surface area contributed by atoms with Gasteiger partial charge in [0, 0.05) is 22.2 Å². The molecule has 0 fully saturated rings. The van der Waals surface area contributed by atoms with Crippen molar-refractivity contribution in [2.45, 2.75) is 40.5 Å². The number of aromatic amines is 1. The van der Waals surface area contributed by atoms with E-state index in [0.29, 0.717) is 24.1 Å². The van der Waals surface area contributed by atoms with Crippen molar-refractivity contribution in [1.82, 2.24) is 10.2 Å². The Kier molecular flexibility index (Phi) is 6.14. The van der Waals surface area contributed by atoms with Gasteiger partial charge in [-0.25, -0.2) is 0 Å². The van der Waals surface area contributed by atoms with Crippen molar-refractivity contribution in [3.05, 3.63) is 51.2 Å². The van der Waals surface area contributed by atoms with Crippen LogP contribution < -0.4 is 16.8 Å². The van der Waals surface area contributed by atoms with E-state index in [0.717, 1.165) is 10.9 Å². The second-order valence-corrected chi connectivity index (χ2v) is 8.59. The maximum Gasteiger partial charge on any atom is 0.296 e. The van der Waals surface area contributed by atoms with Gasteiger partial charge < -0.3 is 16.8 Å². The molecule has 9 nitrogen and oxygen atoms in total. The number of amides is 1. The minimum Gasteiger partial charge on any atom is -0.398 e. The quantitative estimate of drug-likeness (QED) is 0.252. The molecule has 164 valence electrons. The molecule has 1 heterocycles. The van der Waals surface area contributed by atoms with Gasteiger partial charge in [-0.1, -0.05) is 27.7 Å². The number of nitrogens with one attached hydrogen (secondary N) is 2. The highest BCUT2D eigenvalue weighted by atomic mass is 16.6. The highest BCUT2D eigenvalue weighted by Gasteiger charge is 2.32. The number of carbonyl (C=O) groups is 1. The van der Waals surface area contributed by atoms with Crippen LogP contribution in [0.1, 0.15) is 49.2 Å². The fraction of sp³-hybridized carbons (Fsp3) is 0.364. The van der Waals surface area contributed by atoms with Gasteiger partial charge >= 0.3 is 0 Å². The third-order valence-corrected chi connectivity index (χ3v) is 5.10. The molecule has 0 unspecified atom stereocenters. The number of nitrogen functional groups attached to an aromatic ring is 2. The number of nitrogens with two attached hydrogens (primary N) is 2. The predicted octanol–water partition coefficient (Wildman–Crippen LogP) is 4.28. The summed E-state index contributed by atoms with van der Waals surface area (Å²) in [7, 11) is 0. The number of nitro groups is 1. The summed E-state index contributed by atoms with van der Waals surface area (Å²) in [4.78, 5) is 24.8. The molecule has 31 heavy (non-hydrogen) atoms. The predicted molar refractivity (Wildman–Crippen MR) is 123 cm³/mol. The molecule has 0 saturated heterocycles. The Morgan fingerprint density at radius 3 is 2.39 bits per heavy atom. The number of anilines is 3. The van der Waals surface area contributed by atoms with Crippen molar-refractivity contribution < 1.29 is 9.72 Å². The lowest BCUT2D eigenvalue weighted by atomic mass is 9.88. The molecular weight excluding hydrogens is 396 g/mol. The molecule has 0 saturated carbocycles. The zero-order valence-corrected chi connectivity index (χ0v) is 18.2. The largest absolute Gasteiger partial charge is 0.398 e. The first-order chi connectivity index (χ1) is 14.6. The second kappa shape index (κ2) is 8.63. The van der Waals surface area contributed by atoms with E-state index in [9.17, 15) is 14.9 Å². The molecule has 0 atom stereocenters. The normalized spacial score (nSPS) is 11.4. The van der Waals surface area contributed by atoms with E-state index in [2.05, 4.69) is 15.5 Å². The number of hydrogen-bond acceptors (Lipinski definition) is 6. The maximum atomic E-state index is 13.4. The molecule has 2 aromatic carbocycles. The Morgan fingerprint density at radius 2 is 1.77 bits per heavy atom. The topological polar surface area (TPSA) is 153 Å². The zero-order valence-electron chi connectivity index (χ0n) is 18.2. The minimum atomic E-state index is -0.510. The number of nitrogens with zero attached hydrogens (tertiary/aromatic N) is 2. The van der Waals surface area contributed by atoms with Crippen LogP contribution >= 0.6 is 0 Å². The number of hydrogen-bond donors (Lipinski definition) is 4. The van der Waals surface area contributed by atoms with E-state index >= 15 is 0 Å². The van der Waals surface area contributed by atoms with Crippen LogP contribution in [0.2, 0.25) is 0 Å². The standard InChI is InChI=1S/C22H28N6O3/c1-11(2)7-15-18(19(23)16(8-12(3)4)20(24)21(15)28(30)31)22(29)26-14-6-5-13-10-25-27-17(13)9-14/h5-6,9-12H,7-8,23-24H2,1-4H3,(H,25,27)(H,26,29). The Bertz CT molecular complexity index is 1150. The second-order valence-electron chi connectivity index (χ2n) is 8.59. The molecular formula is C22H28N6O3. The van der Waals surface area contributed by atoms with Crippen LogP contribution in [0.3, 0.4) is 0 Å². The number of aromatic nitrogens is 2. The Hall–Kier alpha value is -3.62. The SMILES string of the molecule is CC(C)Cc1c(N)c(C(=O)Nc2ccc3cn[nH]c3c2)c(CC(C)C)c([N+](=O)[O-])c1N. The lowest BCUT2D eigenvalue weighted by molar-refractivity contribution is -0.384. The van der Waals surface area contributed by atoms with Gasteiger partial charge in [-0.15, -0.1) is 0 Å². The van der Waals surface area contributed by atoms with E-state index < -0.39 is 10.8 Å². The van der Waals surface area contributed by atoms with E-state index in [1.165, 1.54) is 0 Å². The van der Waals surface area contributed by atoms with Crippen molar-refractivity contribution in [2.75, 3.05) is 16.8 Å². The minimum absolute atomic E-state index is 0.0438. The van der Waals surface area contributed by atoms with Gasteiger partial charge in [0.1, 0.15) is 5.69 Å². The lowest BCUT2D eigenvalue weighted by Crippen LogP contribution is -2.21. The van der Waals surface area contributed by atoms with Crippen LogP contribution in [-0.4, -0.2) is 21.0 Å². The lowest BCUT2D eigenvalue weighted by Gasteiger charge is -2.20. The van der Waals surface area contributed by atoms with Gasteiger partial charge in [-0.05, 0) is 42.9 Å². The van der Waals surface area contributed by atoms with E-state index in [4.69, 9.17) is 11.5 Å². The van der Waals surface area contributed by atoms with E-state index in [1.807, 2.05) is 33.8 Å². The zero-order chi connectivity index (χ0) is 22.9. The molecule has 0 aliphatic heterocycles. The van der Waals surface area contributed by atoms with Gasteiger partial charge in [-0.2, -0.15) is 5.10 Å². The van der Waals surface area contributed by atoms with E-state index in [-0.39, 0.29) is 40.0 Å². The summed E-state index contributed by atoms with van der Waals surface area (Å²) in [5.74, 6) is -0.291. The van der Waals surface area contributed by atoms with Gasteiger partial charge in [0.2, 0.25) is 0 Å². The van der Waals surface area contributed by atoms with Gasteiger partial charge in [-0.3, -0.25) is 20.0 Å². The van der Waals surface area contributed by atoms with Crippen LogP contribution in [-0.2, 0) is 12.8 Å². The number of fused-ring (bicyclic) bond motifs is 1. The Morgan fingerprint density at radius 1 is 1.13 bits per heavy atom. The number of carbonyl (C=O) groups excluding carboxylic acids is 1. The average Bonchev–Trinajstić information content (AvgIpc) is 3.12. The molecule has 3 rings (SSSR count). The van der Waals surface area contributed by atoms with Crippen molar-refractivity contribution in [3.63, 3.8) is 0 Å². The molecule has 0 radical (unpaired) electrons. The highest BCUT2D eigenvalue weighted by Crippen LogP contribution is 2.40. The molecule has 0 bridgehead atoms. The van der Waals surface area contributed by atoms with Crippen LogP contribution in [0, 0.1) is 22.0 Å². The van der Waals surface area contributed by atoms with Gasteiger partial charge in [0.25, 0.3) is 11.6 Å². The smallest absolute Gasteiger partial charge is 0.296 e. The van der Waals surface area contributed by atoms with Crippen molar-refractivity contribution in [3.8, 4) is 0 Å². The molecule has 9 heteroatoms. The Balaban J connectivity index is 2.17. The summed E-state index contributed by atoms with van der Waals surface area (Å²) in [5, 5.41) is 22.5. The molecule has 0 spiro atoms. The summed E-state index contributed by atoms with van der Waals surface area (Å²) in [6.45, 7) is 7.77. The van der Waals surface area contributed by atoms with Crippen molar-refractivity contribution in [1.29, 1.82) is 0 Å². The number of benzene rings is 2. The third kappa shape index (κ3) is 4.45. The number of rotatable bonds is 7. The molecule has 1 aromatic heterocycles. The summed E-state index contributed by atoms with van der Waals surface area (Å²) >= 11 is 0. The summed E-state index contributed by atoms with van der Waals surface area (Å²) < 4.78 is 0. The fourth-order valence-corrected chi connectivity index (χ4v) is 3.79. The van der Waals surface area contributed by atoms with Gasteiger partial charge in [0.15, 0.2) is 0 Å². The first-order valence-corrected chi connectivity index (χ1v) is 10.2. The average molecular weight is 425 g/mol.